The van der Waals surface area contributed by atoms with E-state index < -0.39 is 0 Å². The van der Waals surface area contributed by atoms with Gasteiger partial charge in [0.1, 0.15) is 0 Å². The Balaban J connectivity index is 1.48. The number of benzene rings is 2. The predicted molar refractivity (Wildman–Crippen MR) is 145 cm³/mol. The summed E-state index contributed by atoms with van der Waals surface area (Å²) >= 11 is 12.4. The fourth-order valence-electron chi connectivity index (χ4n) is 4.04. The van der Waals surface area contributed by atoms with Crippen LogP contribution in [-0.4, -0.2) is 72.8 Å². The number of ketones is 1. The fraction of sp³-hybridized carbons (Fsp3) is 0.444. The maximum Gasteiger partial charge on any atom is 0.317 e. The molecule has 0 aromatic heterocycles. The number of likely N-dealkylation sites (N-methyl/N-ethyl adjacent to an activating group) is 1. The summed E-state index contributed by atoms with van der Waals surface area (Å²) in [4.78, 5) is 42.9. The van der Waals surface area contributed by atoms with Gasteiger partial charge in [0.25, 0.3) is 0 Å². The molecule has 1 N–H and O–H groups in total. The molecule has 9 heteroatoms. The number of nitrogens with zero attached hydrogens (tertiary/aromatic N) is 3. The van der Waals surface area contributed by atoms with Gasteiger partial charge in [-0.05, 0) is 56.2 Å². The summed E-state index contributed by atoms with van der Waals surface area (Å²) in [5, 5.41) is 3.87. The molecule has 36 heavy (non-hydrogen) atoms. The van der Waals surface area contributed by atoms with Gasteiger partial charge in [-0.2, -0.15) is 0 Å². The summed E-state index contributed by atoms with van der Waals surface area (Å²) in [5.74, 6) is -0.0141. The van der Waals surface area contributed by atoms with Crippen LogP contribution in [0.25, 0.3) is 0 Å². The summed E-state index contributed by atoms with van der Waals surface area (Å²) in [6.45, 7) is 8.42. The second kappa shape index (κ2) is 12.0. The Kier molecular flexibility index (Phi) is 9.25. The molecule has 2 aromatic rings. The third-order valence-electron chi connectivity index (χ3n) is 5.97. The number of anilines is 1. The molecule has 0 saturated carbocycles. The minimum atomic E-state index is -0.355. The van der Waals surface area contributed by atoms with Crippen molar-refractivity contribution in [3.8, 4) is 0 Å². The van der Waals surface area contributed by atoms with Crippen molar-refractivity contribution in [3.63, 3.8) is 0 Å². The molecule has 1 saturated heterocycles. The molecule has 0 spiro atoms. The number of hydrogen-bond acceptors (Lipinski definition) is 4. The van der Waals surface area contributed by atoms with Crippen LogP contribution in [0.1, 0.15) is 31.9 Å². The van der Waals surface area contributed by atoms with E-state index >= 15 is 0 Å². The van der Waals surface area contributed by atoms with Crippen molar-refractivity contribution in [1.29, 1.82) is 0 Å². The lowest BCUT2D eigenvalue weighted by molar-refractivity contribution is -0.130. The molecule has 0 atom stereocenters. The van der Waals surface area contributed by atoms with Crippen molar-refractivity contribution in [1.82, 2.24) is 15.1 Å². The molecule has 0 radical (unpaired) electrons. The first-order valence-electron chi connectivity index (χ1n) is 12.0. The van der Waals surface area contributed by atoms with E-state index in [2.05, 4.69) is 10.2 Å². The molecule has 3 amide bonds. The lowest BCUT2D eigenvalue weighted by Gasteiger charge is -2.36. The van der Waals surface area contributed by atoms with E-state index in [1.54, 1.807) is 25.2 Å². The van der Waals surface area contributed by atoms with Gasteiger partial charge in [-0.25, -0.2) is 4.79 Å². The second-order valence-electron chi connectivity index (χ2n) is 10.2. The summed E-state index contributed by atoms with van der Waals surface area (Å²) in [5.41, 5.74) is 2.26. The third kappa shape index (κ3) is 7.87. The Morgan fingerprint density at radius 3 is 2.06 bits per heavy atom. The molecule has 1 aliphatic rings. The van der Waals surface area contributed by atoms with Crippen LogP contribution in [0.15, 0.2) is 42.5 Å². The Hall–Kier alpha value is -2.77. The molecule has 2 aromatic carbocycles. The number of nitrogens with one attached hydrogen (secondary N) is 1. The third-order valence-corrected chi connectivity index (χ3v) is 6.68. The standard InChI is InChI=1S/C27H34Cl2N4O3/c1-27(2,3)30-26(36)31(4)18-21(34)16-19-8-10-20(11-9-19)32-12-14-33(15-13-32)25(35)17-22-23(28)6-5-7-24(22)29/h5-11H,12-18H2,1-4H3,(H,30,36). The average Bonchev–Trinajstić information content (AvgIpc) is 2.81. The maximum absolute atomic E-state index is 12.8. The minimum absolute atomic E-state index is 0.0136. The molecule has 7 nitrogen and oxygen atoms in total. The van der Waals surface area contributed by atoms with Crippen LogP contribution in [0.3, 0.4) is 0 Å². The second-order valence-corrected chi connectivity index (χ2v) is 11.0. The highest BCUT2D eigenvalue weighted by molar-refractivity contribution is 6.36. The predicted octanol–water partition coefficient (Wildman–Crippen LogP) is 4.44. The van der Waals surface area contributed by atoms with E-state index in [0.29, 0.717) is 41.8 Å². The van der Waals surface area contributed by atoms with Crippen LogP contribution in [-0.2, 0) is 22.4 Å². The lowest BCUT2D eigenvalue weighted by Crippen LogP contribution is -2.49. The van der Waals surface area contributed by atoms with Gasteiger partial charge in [0.2, 0.25) is 5.91 Å². The van der Waals surface area contributed by atoms with Gasteiger partial charge >= 0.3 is 6.03 Å². The van der Waals surface area contributed by atoms with Crippen LogP contribution in [0.2, 0.25) is 10.0 Å². The average molecular weight is 534 g/mol. The van der Waals surface area contributed by atoms with Gasteiger partial charge in [0.05, 0.1) is 13.0 Å². The van der Waals surface area contributed by atoms with Gasteiger partial charge in [-0.15, -0.1) is 0 Å². The molecule has 1 fully saturated rings. The van der Waals surface area contributed by atoms with Crippen molar-refractivity contribution in [2.24, 2.45) is 0 Å². The van der Waals surface area contributed by atoms with Crippen molar-refractivity contribution in [2.45, 2.75) is 39.2 Å². The number of carbonyl (C=O) groups is 3. The van der Waals surface area contributed by atoms with E-state index in [1.165, 1.54) is 4.90 Å². The van der Waals surface area contributed by atoms with E-state index in [1.807, 2.05) is 49.9 Å². The highest BCUT2D eigenvalue weighted by atomic mass is 35.5. The lowest BCUT2D eigenvalue weighted by atomic mass is 10.1. The normalized spacial score (nSPS) is 13.9. The van der Waals surface area contributed by atoms with E-state index in [-0.39, 0.29) is 42.6 Å². The smallest absolute Gasteiger partial charge is 0.317 e. The van der Waals surface area contributed by atoms with Crippen LogP contribution < -0.4 is 10.2 Å². The highest BCUT2D eigenvalue weighted by Gasteiger charge is 2.23. The van der Waals surface area contributed by atoms with Crippen molar-refractivity contribution in [3.05, 3.63) is 63.6 Å². The number of amides is 3. The zero-order chi connectivity index (χ0) is 26.5. The molecule has 0 unspecified atom stereocenters. The number of urea groups is 1. The minimum Gasteiger partial charge on any atom is -0.368 e. The first kappa shape index (κ1) is 27.8. The number of halogens is 2. The van der Waals surface area contributed by atoms with Crippen molar-refractivity contribution >= 4 is 46.6 Å². The SMILES string of the molecule is CN(CC(=O)Cc1ccc(N2CCN(C(=O)Cc3c(Cl)cccc3Cl)CC2)cc1)C(=O)NC(C)(C)C. The number of Topliss-reactive ketones (excluding diaryl/α,β-unsaturated/α-hetero) is 1. The van der Waals surface area contributed by atoms with Crippen LogP contribution in [0.4, 0.5) is 10.5 Å². The Bertz CT molecular complexity index is 1070. The Labute approximate surface area is 223 Å². The van der Waals surface area contributed by atoms with Crippen LogP contribution in [0.5, 0.6) is 0 Å². The zero-order valence-corrected chi connectivity index (χ0v) is 22.8. The molecular weight excluding hydrogens is 499 g/mol. The topological polar surface area (TPSA) is 73.0 Å². The van der Waals surface area contributed by atoms with E-state index in [0.717, 1.165) is 11.3 Å². The monoisotopic (exact) mass is 532 g/mol. The van der Waals surface area contributed by atoms with Crippen molar-refractivity contribution < 1.29 is 14.4 Å². The number of hydrogen-bond donors (Lipinski definition) is 1. The fourth-order valence-corrected chi connectivity index (χ4v) is 4.57. The highest BCUT2D eigenvalue weighted by Crippen LogP contribution is 2.25. The molecule has 0 aliphatic carbocycles. The molecule has 1 heterocycles. The largest absolute Gasteiger partial charge is 0.368 e. The summed E-state index contributed by atoms with van der Waals surface area (Å²) in [6.07, 6.45) is 0.453. The van der Waals surface area contributed by atoms with E-state index in [9.17, 15) is 14.4 Å². The maximum atomic E-state index is 12.8. The van der Waals surface area contributed by atoms with Gasteiger partial charge in [-0.3, -0.25) is 9.59 Å². The van der Waals surface area contributed by atoms with Gasteiger partial charge < -0.3 is 20.0 Å². The number of rotatable bonds is 7. The van der Waals surface area contributed by atoms with Crippen LogP contribution in [0, 0.1) is 0 Å². The number of piperazine rings is 1. The molecule has 3 rings (SSSR count). The molecule has 0 bridgehead atoms. The van der Waals surface area contributed by atoms with Gasteiger partial charge in [0.15, 0.2) is 5.78 Å². The number of carbonyl (C=O) groups excluding carboxylic acids is 3. The first-order chi connectivity index (χ1) is 16.9. The molecule has 194 valence electrons. The quantitative estimate of drug-likeness (QED) is 0.572. The van der Waals surface area contributed by atoms with Gasteiger partial charge in [0, 0.05) is 60.9 Å². The summed E-state index contributed by atoms with van der Waals surface area (Å²) in [6, 6.07) is 12.9. The first-order valence-corrected chi connectivity index (χ1v) is 12.8. The van der Waals surface area contributed by atoms with Gasteiger partial charge in [-0.1, -0.05) is 41.4 Å². The Morgan fingerprint density at radius 2 is 1.50 bits per heavy atom. The molecule has 1 aliphatic heterocycles. The zero-order valence-electron chi connectivity index (χ0n) is 21.3. The van der Waals surface area contributed by atoms with E-state index in [4.69, 9.17) is 23.2 Å². The Morgan fingerprint density at radius 1 is 0.917 bits per heavy atom. The summed E-state index contributed by atoms with van der Waals surface area (Å²) in [7, 11) is 1.62. The van der Waals surface area contributed by atoms with Crippen molar-refractivity contribution in [2.75, 3.05) is 44.7 Å². The van der Waals surface area contributed by atoms with Crippen LogP contribution >= 0.6 is 23.2 Å². The summed E-state index contributed by atoms with van der Waals surface area (Å²) < 4.78 is 0. The molecular formula is C27H34Cl2N4O3.